The van der Waals surface area contributed by atoms with Crippen LogP contribution in [-0.2, 0) is 0 Å². The first-order valence-corrected chi connectivity index (χ1v) is 7.76. The highest BCUT2D eigenvalue weighted by atomic mass is 15.2. The van der Waals surface area contributed by atoms with Crippen molar-refractivity contribution in [3.63, 3.8) is 0 Å². The van der Waals surface area contributed by atoms with E-state index < -0.39 is 0 Å². The fourth-order valence-corrected chi connectivity index (χ4v) is 3.33. The molecule has 2 heteroatoms. The number of rotatable bonds is 1. The Kier molecular flexibility index (Phi) is 2.53. The summed E-state index contributed by atoms with van der Waals surface area (Å²) in [5.74, 6) is 0. The third-order valence-electron chi connectivity index (χ3n) is 4.40. The number of hydrogen-bond donors (Lipinski definition) is 0. The third-order valence-corrected chi connectivity index (χ3v) is 4.40. The SMILES string of the molecule is c1ccc(-c2cc3c4ccccc4nn3c3ccccc23)cc1. The first-order chi connectivity index (χ1) is 11.4. The number of benzene rings is 3. The zero-order valence-corrected chi connectivity index (χ0v) is 12.5. The van der Waals surface area contributed by atoms with Gasteiger partial charge in [0, 0.05) is 10.8 Å². The van der Waals surface area contributed by atoms with E-state index in [1.54, 1.807) is 0 Å². The van der Waals surface area contributed by atoms with Crippen LogP contribution in [0.1, 0.15) is 0 Å². The van der Waals surface area contributed by atoms with E-state index in [1.165, 1.54) is 21.9 Å². The van der Waals surface area contributed by atoms with Gasteiger partial charge in [-0.15, -0.1) is 0 Å². The molecular weight excluding hydrogens is 280 g/mol. The maximum Gasteiger partial charge on any atom is 0.0934 e. The molecular formula is C21H14N2. The zero-order valence-electron chi connectivity index (χ0n) is 12.5. The average Bonchev–Trinajstić information content (AvgIpc) is 3.01. The van der Waals surface area contributed by atoms with Crippen LogP contribution in [0.5, 0.6) is 0 Å². The van der Waals surface area contributed by atoms with Crippen molar-refractivity contribution in [1.82, 2.24) is 9.61 Å². The molecule has 0 saturated carbocycles. The monoisotopic (exact) mass is 294 g/mol. The Morgan fingerprint density at radius 1 is 0.609 bits per heavy atom. The molecule has 0 fully saturated rings. The number of nitrogens with zero attached hydrogens (tertiary/aromatic N) is 2. The van der Waals surface area contributed by atoms with Crippen molar-refractivity contribution in [2.45, 2.75) is 0 Å². The highest BCUT2D eigenvalue weighted by molar-refractivity contribution is 6.04. The third kappa shape index (κ3) is 1.78. The van der Waals surface area contributed by atoms with Gasteiger partial charge in [-0.25, -0.2) is 4.52 Å². The summed E-state index contributed by atoms with van der Waals surface area (Å²) in [7, 11) is 0. The van der Waals surface area contributed by atoms with Gasteiger partial charge in [-0.2, -0.15) is 5.10 Å². The summed E-state index contributed by atoms with van der Waals surface area (Å²) < 4.78 is 2.06. The molecule has 0 aliphatic rings. The van der Waals surface area contributed by atoms with Crippen molar-refractivity contribution in [3.8, 4) is 11.1 Å². The predicted octanol–water partition coefficient (Wildman–Crippen LogP) is 5.31. The Balaban J connectivity index is 2.02. The van der Waals surface area contributed by atoms with Gasteiger partial charge >= 0.3 is 0 Å². The van der Waals surface area contributed by atoms with E-state index in [1.807, 2.05) is 6.07 Å². The van der Waals surface area contributed by atoms with Crippen LogP contribution in [0, 0.1) is 0 Å². The molecule has 0 saturated heterocycles. The van der Waals surface area contributed by atoms with Gasteiger partial charge in [0.1, 0.15) is 0 Å². The lowest BCUT2D eigenvalue weighted by atomic mass is 10.00. The zero-order chi connectivity index (χ0) is 15.2. The topological polar surface area (TPSA) is 17.3 Å². The second kappa shape index (κ2) is 4.68. The molecule has 108 valence electrons. The Hall–Kier alpha value is -3.13. The second-order valence-corrected chi connectivity index (χ2v) is 5.76. The highest BCUT2D eigenvalue weighted by Gasteiger charge is 2.12. The van der Waals surface area contributed by atoms with E-state index in [4.69, 9.17) is 5.10 Å². The summed E-state index contributed by atoms with van der Waals surface area (Å²) >= 11 is 0. The molecule has 0 N–H and O–H groups in total. The number of fused-ring (bicyclic) bond motifs is 5. The fourth-order valence-electron chi connectivity index (χ4n) is 3.33. The number of aromatic nitrogens is 2. The molecule has 0 unspecified atom stereocenters. The van der Waals surface area contributed by atoms with Crippen LogP contribution >= 0.6 is 0 Å². The predicted molar refractivity (Wildman–Crippen MR) is 95.6 cm³/mol. The van der Waals surface area contributed by atoms with Crippen LogP contribution in [-0.4, -0.2) is 9.61 Å². The Morgan fingerprint density at radius 3 is 2.17 bits per heavy atom. The lowest BCUT2D eigenvalue weighted by Crippen LogP contribution is -1.92. The van der Waals surface area contributed by atoms with Gasteiger partial charge in [0.2, 0.25) is 0 Å². The van der Waals surface area contributed by atoms with Crippen LogP contribution < -0.4 is 0 Å². The van der Waals surface area contributed by atoms with Crippen molar-refractivity contribution in [2.24, 2.45) is 0 Å². The minimum absolute atomic E-state index is 1.03. The summed E-state index contributed by atoms with van der Waals surface area (Å²) in [5.41, 5.74) is 5.80. The van der Waals surface area contributed by atoms with Gasteiger partial charge in [0.15, 0.2) is 0 Å². The quantitative estimate of drug-likeness (QED) is 0.409. The van der Waals surface area contributed by atoms with Crippen LogP contribution in [0.15, 0.2) is 84.9 Å². The Morgan fingerprint density at radius 2 is 1.30 bits per heavy atom. The first-order valence-electron chi connectivity index (χ1n) is 7.76. The average molecular weight is 294 g/mol. The molecule has 5 rings (SSSR count). The Bertz CT molecular complexity index is 1150. The smallest absolute Gasteiger partial charge is 0.0934 e. The minimum atomic E-state index is 1.03. The van der Waals surface area contributed by atoms with Gasteiger partial charge in [-0.3, -0.25) is 0 Å². The second-order valence-electron chi connectivity index (χ2n) is 5.76. The van der Waals surface area contributed by atoms with E-state index in [2.05, 4.69) is 83.4 Å². The molecule has 2 heterocycles. The molecule has 5 aromatic rings. The van der Waals surface area contributed by atoms with Crippen molar-refractivity contribution in [2.75, 3.05) is 0 Å². The number of hydrogen-bond acceptors (Lipinski definition) is 1. The number of para-hydroxylation sites is 1. The number of pyridine rings is 1. The molecule has 0 aliphatic carbocycles. The maximum atomic E-state index is 4.79. The molecule has 2 nitrogen and oxygen atoms in total. The van der Waals surface area contributed by atoms with E-state index in [0.717, 1.165) is 16.6 Å². The first kappa shape index (κ1) is 12.4. The van der Waals surface area contributed by atoms with Gasteiger partial charge in [0.05, 0.1) is 16.6 Å². The molecule has 0 radical (unpaired) electrons. The van der Waals surface area contributed by atoms with E-state index in [0.29, 0.717) is 0 Å². The molecule has 0 spiro atoms. The van der Waals surface area contributed by atoms with Gasteiger partial charge in [-0.1, -0.05) is 66.7 Å². The lowest BCUT2D eigenvalue weighted by molar-refractivity contribution is 1.03. The van der Waals surface area contributed by atoms with Crippen molar-refractivity contribution in [3.05, 3.63) is 84.9 Å². The van der Waals surface area contributed by atoms with Crippen LogP contribution in [0.25, 0.3) is 38.4 Å². The summed E-state index contributed by atoms with van der Waals surface area (Å²) in [6.45, 7) is 0. The molecule has 0 amide bonds. The summed E-state index contributed by atoms with van der Waals surface area (Å²) in [4.78, 5) is 0. The van der Waals surface area contributed by atoms with Crippen LogP contribution in [0.4, 0.5) is 0 Å². The largest absolute Gasteiger partial charge is 0.232 e. The Labute approximate surface area is 133 Å². The molecule has 0 aliphatic heterocycles. The molecule has 2 aromatic heterocycles. The van der Waals surface area contributed by atoms with Crippen LogP contribution in [0.3, 0.4) is 0 Å². The lowest BCUT2D eigenvalue weighted by Gasteiger charge is -2.09. The van der Waals surface area contributed by atoms with Gasteiger partial charge < -0.3 is 0 Å². The summed E-state index contributed by atoms with van der Waals surface area (Å²) in [6, 6.07) is 29.6. The summed E-state index contributed by atoms with van der Waals surface area (Å²) in [6.07, 6.45) is 0. The van der Waals surface area contributed by atoms with Gasteiger partial charge in [-0.05, 0) is 29.3 Å². The summed E-state index contributed by atoms with van der Waals surface area (Å²) in [5, 5.41) is 7.21. The van der Waals surface area contributed by atoms with Crippen molar-refractivity contribution >= 4 is 27.3 Å². The van der Waals surface area contributed by atoms with Gasteiger partial charge in [0.25, 0.3) is 0 Å². The fraction of sp³-hybridized carbons (Fsp3) is 0. The normalized spacial score (nSPS) is 11.5. The maximum absolute atomic E-state index is 4.79. The molecule has 23 heavy (non-hydrogen) atoms. The van der Waals surface area contributed by atoms with E-state index in [9.17, 15) is 0 Å². The molecule has 3 aromatic carbocycles. The molecule has 0 atom stereocenters. The van der Waals surface area contributed by atoms with Crippen molar-refractivity contribution < 1.29 is 0 Å². The minimum Gasteiger partial charge on any atom is -0.232 e. The van der Waals surface area contributed by atoms with E-state index >= 15 is 0 Å². The highest BCUT2D eigenvalue weighted by Crippen LogP contribution is 2.32. The molecule has 0 bridgehead atoms. The van der Waals surface area contributed by atoms with Crippen LogP contribution in [0.2, 0.25) is 0 Å². The van der Waals surface area contributed by atoms with E-state index in [-0.39, 0.29) is 0 Å². The standard InChI is InChI=1S/C21H14N2/c1-2-8-15(9-3-1)18-14-21-17-11-4-6-12-19(17)22-23(21)20-13-7-5-10-16(18)20/h1-14H. The van der Waals surface area contributed by atoms with Crippen molar-refractivity contribution in [1.29, 1.82) is 0 Å².